The third kappa shape index (κ3) is 4.13. The Labute approximate surface area is 274 Å². The van der Waals surface area contributed by atoms with Gasteiger partial charge in [0.25, 0.3) is 0 Å². The summed E-state index contributed by atoms with van der Waals surface area (Å²) in [6, 6.07) is 48.9. The Morgan fingerprint density at radius 3 is 1.85 bits per heavy atom. The highest BCUT2D eigenvalue weighted by Gasteiger charge is 2.25. The second-order valence-electron chi connectivity index (χ2n) is 11.8. The molecule has 0 amide bonds. The predicted octanol–water partition coefficient (Wildman–Crippen LogP) is 10.9. The van der Waals surface area contributed by atoms with Crippen LogP contribution in [0.2, 0.25) is 0 Å². The molecule has 0 aliphatic rings. The molecule has 6 nitrogen and oxygen atoms in total. The number of oxazole rings is 1. The molecule has 224 valence electrons. The molecule has 10 rings (SSSR count). The first-order chi connectivity index (χ1) is 23.8. The highest BCUT2D eigenvalue weighted by molar-refractivity contribution is 6.19. The van der Waals surface area contributed by atoms with Gasteiger partial charge < -0.3 is 8.83 Å². The highest BCUT2D eigenvalue weighted by atomic mass is 16.4. The molecule has 0 fully saturated rings. The quantitative estimate of drug-likeness (QED) is 0.183. The lowest BCUT2D eigenvalue weighted by molar-refractivity contribution is 0.620. The minimum atomic E-state index is 0.481. The van der Waals surface area contributed by atoms with E-state index in [1.54, 1.807) is 0 Å². The van der Waals surface area contributed by atoms with E-state index < -0.39 is 0 Å². The molecule has 10 aromatic rings. The van der Waals surface area contributed by atoms with Gasteiger partial charge >= 0.3 is 0 Å². The van der Waals surface area contributed by atoms with Crippen LogP contribution in [0.4, 0.5) is 0 Å². The molecule has 0 saturated heterocycles. The van der Waals surface area contributed by atoms with E-state index in [1.165, 1.54) is 5.39 Å². The molecule has 7 aromatic carbocycles. The molecule has 0 radical (unpaired) electrons. The minimum absolute atomic E-state index is 0.481. The van der Waals surface area contributed by atoms with Gasteiger partial charge in [-0.2, -0.15) is 0 Å². The highest BCUT2D eigenvalue weighted by Crippen LogP contribution is 2.43. The van der Waals surface area contributed by atoms with E-state index in [9.17, 15) is 0 Å². The Hall–Kier alpha value is -6.66. The van der Waals surface area contributed by atoms with Crippen molar-refractivity contribution in [1.29, 1.82) is 0 Å². The van der Waals surface area contributed by atoms with Crippen molar-refractivity contribution in [3.8, 4) is 45.6 Å². The van der Waals surface area contributed by atoms with Gasteiger partial charge in [-0.25, -0.2) is 19.9 Å². The Balaban J connectivity index is 1.34. The van der Waals surface area contributed by atoms with Crippen LogP contribution in [0.1, 0.15) is 0 Å². The largest absolute Gasteiger partial charge is 0.456 e. The van der Waals surface area contributed by atoms with Crippen molar-refractivity contribution in [2.45, 2.75) is 0 Å². The van der Waals surface area contributed by atoms with Gasteiger partial charge in [0.2, 0.25) is 5.89 Å². The van der Waals surface area contributed by atoms with Crippen molar-refractivity contribution >= 4 is 54.6 Å². The van der Waals surface area contributed by atoms with Crippen molar-refractivity contribution in [1.82, 2.24) is 19.9 Å². The first kappa shape index (κ1) is 26.5. The van der Waals surface area contributed by atoms with Crippen molar-refractivity contribution < 1.29 is 8.83 Å². The number of nitrogens with zero attached hydrogens (tertiary/aromatic N) is 4. The maximum absolute atomic E-state index is 6.63. The molecule has 0 N–H and O–H groups in total. The van der Waals surface area contributed by atoms with E-state index in [1.807, 2.05) is 84.9 Å². The van der Waals surface area contributed by atoms with E-state index >= 15 is 0 Å². The molecule has 0 spiro atoms. The van der Waals surface area contributed by atoms with E-state index in [2.05, 4.69) is 60.7 Å². The fraction of sp³-hybridized carbons (Fsp3) is 0. The number of aromatic nitrogens is 4. The van der Waals surface area contributed by atoms with Crippen LogP contribution in [0.25, 0.3) is 100 Å². The molecule has 0 aliphatic heterocycles. The van der Waals surface area contributed by atoms with Gasteiger partial charge in [-0.3, -0.25) is 0 Å². The monoisotopic (exact) mass is 616 g/mol. The number of furan rings is 1. The second-order valence-corrected chi connectivity index (χ2v) is 11.8. The van der Waals surface area contributed by atoms with Crippen LogP contribution in [-0.2, 0) is 0 Å². The van der Waals surface area contributed by atoms with Crippen LogP contribution < -0.4 is 0 Å². The molecule has 3 aromatic heterocycles. The number of hydrogen-bond acceptors (Lipinski definition) is 6. The average Bonchev–Trinajstić information content (AvgIpc) is 3.75. The molecule has 0 atom stereocenters. The van der Waals surface area contributed by atoms with Gasteiger partial charge in [0, 0.05) is 33.5 Å². The van der Waals surface area contributed by atoms with Gasteiger partial charge in [-0.15, -0.1) is 0 Å². The summed E-state index contributed by atoms with van der Waals surface area (Å²) >= 11 is 0. The lowest BCUT2D eigenvalue weighted by Crippen LogP contribution is -2.01. The molecule has 0 bridgehead atoms. The summed E-state index contributed by atoms with van der Waals surface area (Å²) in [5, 5.41) is 6.32. The normalized spacial score (nSPS) is 11.8. The number of fused-ring (bicyclic) bond motifs is 7. The van der Waals surface area contributed by atoms with E-state index in [-0.39, 0.29) is 0 Å². The topological polar surface area (TPSA) is 77.8 Å². The summed E-state index contributed by atoms with van der Waals surface area (Å²) in [6.45, 7) is 0. The zero-order chi connectivity index (χ0) is 31.6. The van der Waals surface area contributed by atoms with Crippen LogP contribution >= 0.6 is 0 Å². The average molecular weight is 617 g/mol. The number of hydrogen-bond donors (Lipinski definition) is 0. The van der Waals surface area contributed by atoms with E-state index in [0.717, 1.165) is 49.2 Å². The summed E-state index contributed by atoms with van der Waals surface area (Å²) in [6.07, 6.45) is 0. The van der Waals surface area contributed by atoms with Crippen molar-refractivity contribution in [2.24, 2.45) is 0 Å². The molecule has 0 unspecified atom stereocenters. The fourth-order valence-corrected chi connectivity index (χ4v) is 6.75. The molecule has 6 heteroatoms. The fourth-order valence-electron chi connectivity index (χ4n) is 6.75. The summed E-state index contributed by atoms with van der Waals surface area (Å²) in [4.78, 5) is 20.5. The Morgan fingerprint density at radius 1 is 0.417 bits per heavy atom. The Morgan fingerprint density at radius 2 is 1.04 bits per heavy atom. The predicted molar refractivity (Wildman–Crippen MR) is 191 cm³/mol. The first-order valence-electron chi connectivity index (χ1n) is 15.8. The molecular formula is C42H24N4O2. The molecule has 0 saturated carbocycles. The maximum atomic E-state index is 6.63. The smallest absolute Gasteiger partial charge is 0.227 e. The third-order valence-electron chi connectivity index (χ3n) is 8.94. The van der Waals surface area contributed by atoms with Crippen LogP contribution in [0.5, 0.6) is 0 Å². The molecule has 0 aliphatic carbocycles. The lowest BCUT2D eigenvalue weighted by Gasteiger charge is -2.13. The number of para-hydroxylation sites is 1. The zero-order valence-electron chi connectivity index (χ0n) is 25.5. The molecular weight excluding hydrogens is 592 g/mol. The standard InChI is InChI=1S/C42H24N4O2/c1-3-13-25(14-4-1)39-44-40(32-23-27-17-7-8-18-28(27)29-19-9-10-20-30(29)32)46-41(45-39)37-36-31-21-11-12-22-34(31)47-35(36)24-33-38(37)48-42(43-33)26-15-5-2-6-16-26/h1-24H. The van der Waals surface area contributed by atoms with Crippen molar-refractivity contribution in [3.05, 3.63) is 146 Å². The molecule has 48 heavy (non-hydrogen) atoms. The van der Waals surface area contributed by atoms with E-state index in [0.29, 0.717) is 45.6 Å². The van der Waals surface area contributed by atoms with Gasteiger partial charge in [-0.05, 0) is 45.8 Å². The first-order valence-corrected chi connectivity index (χ1v) is 15.8. The van der Waals surface area contributed by atoms with Gasteiger partial charge in [0.15, 0.2) is 23.1 Å². The second kappa shape index (κ2) is 10.4. The lowest BCUT2D eigenvalue weighted by atomic mass is 9.96. The Kier molecular flexibility index (Phi) is 5.77. The van der Waals surface area contributed by atoms with Crippen molar-refractivity contribution in [3.63, 3.8) is 0 Å². The van der Waals surface area contributed by atoms with Crippen molar-refractivity contribution in [2.75, 3.05) is 0 Å². The Bertz CT molecular complexity index is 2840. The minimum Gasteiger partial charge on any atom is -0.456 e. The SMILES string of the molecule is c1ccc(-c2nc(-c3cc4ccccc4c4ccccc34)nc(-c3c4oc(-c5ccccc5)nc4cc4oc5ccccc5c34)n2)cc1. The summed E-state index contributed by atoms with van der Waals surface area (Å²) in [5.74, 6) is 2.13. The van der Waals surface area contributed by atoms with Crippen LogP contribution in [0, 0.1) is 0 Å². The zero-order valence-corrected chi connectivity index (χ0v) is 25.5. The summed E-state index contributed by atoms with van der Waals surface area (Å²) in [5.41, 5.74) is 6.11. The summed E-state index contributed by atoms with van der Waals surface area (Å²) in [7, 11) is 0. The van der Waals surface area contributed by atoms with Crippen LogP contribution in [0.15, 0.2) is 154 Å². The van der Waals surface area contributed by atoms with Gasteiger partial charge in [0.05, 0.1) is 5.56 Å². The van der Waals surface area contributed by atoms with Gasteiger partial charge in [0.1, 0.15) is 16.7 Å². The van der Waals surface area contributed by atoms with Crippen LogP contribution in [0.3, 0.4) is 0 Å². The molecule has 3 heterocycles. The number of benzene rings is 7. The summed E-state index contributed by atoms with van der Waals surface area (Å²) < 4.78 is 13.1. The number of rotatable bonds is 4. The van der Waals surface area contributed by atoms with E-state index in [4.69, 9.17) is 28.8 Å². The van der Waals surface area contributed by atoms with Crippen LogP contribution in [-0.4, -0.2) is 19.9 Å². The third-order valence-corrected chi connectivity index (χ3v) is 8.94. The van der Waals surface area contributed by atoms with Gasteiger partial charge in [-0.1, -0.05) is 115 Å². The maximum Gasteiger partial charge on any atom is 0.227 e.